The Morgan fingerprint density at radius 3 is 2.62 bits per heavy atom. The van der Waals surface area contributed by atoms with Crippen molar-refractivity contribution in [3.63, 3.8) is 0 Å². The zero-order valence-corrected chi connectivity index (χ0v) is 7.40. The van der Waals surface area contributed by atoms with Gasteiger partial charge in [0.25, 0.3) is 0 Å². The van der Waals surface area contributed by atoms with Crippen LogP contribution in [0.3, 0.4) is 0 Å². The van der Waals surface area contributed by atoms with Gasteiger partial charge in [-0.05, 0) is 25.7 Å². The van der Waals surface area contributed by atoms with Gasteiger partial charge in [-0.2, -0.15) is 0 Å². The fourth-order valence-corrected chi connectivity index (χ4v) is 1.19. The van der Waals surface area contributed by atoms with Crippen molar-refractivity contribution in [1.82, 2.24) is 9.97 Å². The average molecular weight is 182 g/mol. The van der Waals surface area contributed by atoms with E-state index in [2.05, 4.69) is 9.97 Å². The largest absolute Gasteiger partial charge is 0.460 e. The molecule has 3 nitrogen and oxygen atoms in total. The number of aromatic nitrogens is 2. The maximum Gasteiger partial charge on any atom is 0.316 e. The van der Waals surface area contributed by atoms with Crippen LogP contribution in [0.2, 0.25) is 0 Å². The average Bonchev–Trinajstić information content (AvgIpc) is 2.91. The Bertz CT molecular complexity index is 284. The molecule has 70 valence electrons. The van der Waals surface area contributed by atoms with E-state index in [1.807, 2.05) is 6.92 Å². The first-order valence-electron chi connectivity index (χ1n) is 4.40. The number of rotatable bonds is 3. The summed E-state index contributed by atoms with van der Waals surface area (Å²) in [5, 5.41) is 0. The highest BCUT2D eigenvalue weighted by molar-refractivity contribution is 4.97. The molecule has 1 aromatic rings. The van der Waals surface area contributed by atoms with E-state index in [-0.39, 0.29) is 12.1 Å². The van der Waals surface area contributed by atoms with E-state index in [4.69, 9.17) is 4.74 Å². The standard InChI is InChI=1S/C9H11FN2O/c1-6(7-2-3-7)13-9-11-4-8(10)5-12-9/h4-7H,2-3H2,1H3. The quantitative estimate of drug-likeness (QED) is 0.714. The van der Waals surface area contributed by atoms with Gasteiger partial charge in [0.1, 0.15) is 6.10 Å². The van der Waals surface area contributed by atoms with Crippen LogP contribution in [0.1, 0.15) is 19.8 Å². The Kier molecular flexibility index (Phi) is 2.12. The molecule has 1 aliphatic rings. The maximum absolute atomic E-state index is 12.4. The third-order valence-electron chi connectivity index (χ3n) is 2.17. The molecular weight excluding hydrogens is 171 g/mol. The van der Waals surface area contributed by atoms with Gasteiger partial charge in [-0.15, -0.1) is 0 Å². The van der Waals surface area contributed by atoms with E-state index in [1.165, 1.54) is 12.8 Å². The van der Waals surface area contributed by atoms with E-state index >= 15 is 0 Å². The molecule has 2 rings (SSSR count). The van der Waals surface area contributed by atoms with E-state index < -0.39 is 5.82 Å². The number of hydrogen-bond acceptors (Lipinski definition) is 3. The van der Waals surface area contributed by atoms with Crippen molar-refractivity contribution in [1.29, 1.82) is 0 Å². The zero-order valence-electron chi connectivity index (χ0n) is 7.40. The molecular formula is C9H11FN2O. The van der Waals surface area contributed by atoms with Crippen molar-refractivity contribution in [2.45, 2.75) is 25.9 Å². The zero-order chi connectivity index (χ0) is 9.26. The minimum absolute atomic E-state index is 0.144. The Morgan fingerprint density at radius 1 is 1.46 bits per heavy atom. The van der Waals surface area contributed by atoms with Crippen LogP contribution in [-0.4, -0.2) is 16.1 Å². The van der Waals surface area contributed by atoms with E-state index in [9.17, 15) is 4.39 Å². The van der Waals surface area contributed by atoms with Crippen LogP contribution in [-0.2, 0) is 0 Å². The first kappa shape index (κ1) is 8.41. The summed E-state index contributed by atoms with van der Waals surface area (Å²) in [5.41, 5.74) is 0. The fourth-order valence-electron chi connectivity index (χ4n) is 1.19. The summed E-state index contributed by atoms with van der Waals surface area (Å²) < 4.78 is 17.8. The molecule has 1 atom stereocenters. The van der Waals surface area contributed by atoms with E-state index in [1.54, 1.807) is 0 Å². The highest BCUT2D eigenvalue weighted by atomic mass is 19.1. The summed E-state index contributed by atoms with van der Waals surface area (Å²) in [4.78, 5) is 7.44. The topological polar surface area (TPSA) is 35.0 Å². The molecule has 0 amide bonds. The molecule has 1 saturated carbocycles. The van der Waals surface area contributed by atoms with Crippen molar-refractivity contribution in [2.24, 2.45) is 5.92 Å². The predicted octanol–water partition coefficient (Wildman–Crippen LogP) is 1.79. The monoisotopic (exact) mass is 182 g/mol. The highest BCUT2D eigenvalue weighted by Crippen LogP contribution is 2.33. The normalized spacial score (nSPS) is 18.3. The van der Waals surface area contributed by atoms with Gasteiger partial charge in [0.2, 0.25) is 0 Å². The van der Waals surface area contributed by atoms with Gasteiger partial charge in [-0.1, -0.05) is 0 Å². The SMILES string of the molecule is CC(Oc1ncc(F)cn1)C1CC1. The summed E-state index contributed by atoms with van der Waals surface area (Å²) in [7, 11) is 0. The van der Waals surface area contributed by atoms with Gasteiger partial charge in [0, 0.05) is 0 Å². The van der Waals surface area contributed by atoms with E-state index in [0.29, 0.717) is 5.92 Å². The third-order valence-corrected chi connectivity index (χ3v) is 2.17. The Labute approximate surface area is 76.0 Å². The molecule has 0 aromatic carbocycles. The minimum atomic E-state index is -0.438. The summed E-state index contributed by atoms with van der Waals surface area (Å²) in [6.07, 6.45) is 4.79. The second kappa shape index (κ2) is 3.28. The van der Waals surface area contributed by atoms with Crippen molar-refractivity contribution < 1.29 is 9.13 Å². The molecule has 1 aromatic heterocycles. The number of nitrogens with zero attached hydrogens (tertiary/aromatic N) is 2. The van der Waals surface area contributed by atoms with Crippen molar-refractivity contribution >= 4 is 0 Å². The molecule has 13 heavy (non-hydrogen) atoms. The minimum Gasteiger partial charge on any atom is -0.460 e. The summed E-state index contributed by atoms with van der Waals surface area (Å²) in [5.74, 6) is 0.195. The summed E-state index contributed by atoms with van der Waals surface area (Å²) in [6, 6.07) is 0.265. The van der Waals surface area contributed by atoms with Gasteiger partial charge in [0.15, 0.2) is 5.82 Å². The molecule has 0 bridgehead atoms. The Hall–Kier alpha value is -1.19. The van der Waals surface area contributed by atoms with Gasteiger partial charge in [-0.25, -0.2) is 14.4 Å². The predicted molar refractivity (Wildman–Crippen MR) is 44.8 cm³/mol. The third kappa shape index (κ3) is 2.14. The van der Waals surface area contributed by atoms with Crippen LogP contribution in [0.15, 0.2) is 12.4 Å². The summed E-state index contributed by atoms with van der Waals surface area (Å²) >= 11 is 0. The molecule has 1 unspecified atom stereocenters. The lowest BCUT2D eigenvalue weighted by Crippen LogP contribution is -2.15. The van der Waals surface area contributed by atoms with Crippen LogP contribution < -0.4 is 4.74 Å². The fraction of sp³-hybridized carbons (Fsp3) is 0.556. The van der Waals surface area contributed by atoms with Crippen molar-refractivity contribution in [3.8, 4) is 6.01 Å². The van der Waals surface area contributed by atoms with Gasteiger partial charge >= 0.3 is 6.01 Å². The first-order valence-corrected chi connectivity index (χ1v) is 4.40. The van der Waals surface area contributed by atoms with Crippen molar-refractivity contribution in [3.05, 3.63) is 18.2 Å². The van der Waals surface area contributed by atoms with Gasteiger partial charge < -0.3 is 4.74 Å². The lowest BCUT2D eigenvalue weighted by molar-refractivity contribution is 0.180. The molecule has 0 radical (unpaired) electrons. The lowest BCUT2D eigenvalue weighted by atomic mass is 10.3. The second-order valence-electron chi connectivity index (χ2n) is 3.34. The Balaban J connectivity index is 1.96. The van der Waals surface area contributed by atoms with Crippen molar-refractivity contribution in [2.75, 3.05) is 0 Å². The molecule has 4 heteroatoms. The van der Waals surface area contributed by atoms with Gasteiger partial charge in [0.05, 0.1) is 12.4 Å². The Morgan fingerprint density at radius 2 is 2.08 bits per heavy atom. The smallest absolute Gasteiger partial charge is 0.316 e. The summed E-state index contributed by atoms with van der Waals surface area (Å²) in [6.45, 7) is 1.99. The van der Waals surface area contributed by atoms with Crippen LogP contribution >= 0.6 is 0 Å². The number of ether oxygens (including phenoxy) is 1. The molecule has 1 fully saturated rings. The maximum atomic E-state index is 12.4. The number of hydrogen-bond donors (Lipinski definition) is 0. The molecule has 1 aliphatic carbocycles. The van der Waals surface area contributed by atoms with Crippen LogP contribution in [0.4, 0.5) is 4.39 Å². The molecule has 0 aliphatic heterocycles. The van der Waals surface area contributed by atoms with Crippen LogP contribution in [0, 0.1) is 11.7 Å². The second-order valence-corrected chi connectivity index (χ2v) is 3.34. The number of halogens is 1. The molecule has 0 spiro atoms. The van der Waals surface area contributed by atoms with Gasteiger partial charge in [-0.3, -0.25) is 0 Å². The molecule has 0 N–H and O–H groups in total. The lowest BCUT2D eigenvalue weighted by Gasteiger charge is -2.10. The highest BCUT2D eigenvalue weighted by Gasteiger charge is 2.29. The molecule has 1 heterocycles. The molecule has 0 saturated heterocycles. The van der Waals surface area contributed by atoms with Crippen LogP contribution in [0.5, 0.6) is 6.01 Å². The van der Waals surface area contributed by atoms with Crippen LogP contribution in [0.25, 0.3) is 0 Å². The first-order chi connectivity index (χ1) is 6.25. The van der Waals surface area contributed by atoms with E-state index in [0.717, 1.165) is 12.4 Å².